The van der Waals surface area contributed by atoms with Crippen LogP contribution in [0, 0.1) is 17.8 Å². The van der Waals surface area contributed by atoms with Crippen molar-refractivity contribution in [3.05, 3.63) is 0 Å². The lowest BCUT2D eigenvalue weighted by Gasteiger charge is -2.34. The molecule has 3 aliphatic rings. The fraction of sp³-hybridized carbons (Fsp3) is 1.00. The van der Waals surface area contributed by atoms with Crippen LogP contribution in [0.5, 0.6) is 0 Å². The van der Waals surface area contributed by atoms with Gasteiger partial charge in [-0.15, -0.1) is 0 Å². The van der Waals surface area contributed by atoms with E-state index in [0.717, 1.165) is 29.8 Å². The number of rotatable bonds is 4. The summed E-state index contributed by atoms with van der Waals surface area (Å²) < 4.78 is 0. The van der Waals surface area contributed by atoms with Crippen molar-refractivity contribution in [2.24, 2.45) is 17.8 Å². The fourth-order valence-corrected chi connectivity index (χ4v) is 4.90. The van der Waals surface area contributed by atoms with Crippen molar-refractivity contribution in [2.45, 2.75) is 70.9 Å². The maximum atomic E-state index is 3.76. The van der Waals surface area contributed by atoms with Gasteiger partial charge in [0.05, 0.1) is 0 Å². The van der Waals surface area contributed by atoms with E-state index in [2.05, 4.69) is 24.1 Å². The van der Waals surface area contributed by atoms with Crippen LogP contribution < -0.4 is 5.32 Å². The van der Waals surface area contributed by atoms with Crippen LogP contribution in [-0.2, 0) is 0 Å². The van der Waals surface area contributed by atoms with Crippen molar-refractivity contribution in [2.75, 3.05) is 19.6 Å². The summed E-state index contributed by atoms with van der Waals surface area (Å²) in [5.74, 6) is 3.21. The molecular weight excluding hydrogens is 232 g/mol. The van der Waals surface area contributed by atoms with E-state index < -0.39 is 0 Å². The third-order valence-corrected chi connectivity index (χ3v) is 6.06. The molecule has 3 rings (SSSR count). The van der Waals surface area contributed by atoms with Gasteiger partial charge in [0.25, 0.3) is 0 Å². The topological polar surface area (TPSA) is 15.3 Å². The van der Waals surface area contributed by atoms with E-state index in [0.29, 0.717) is 0 Å². The SMILES string of the molecule is CCCC1CN(CC2CC3CCC2C3)C(C)CCN1. The molecule has 19 heavy (non-hydrogen) atoms. The zero-order valence-corrected chi connectivity index (χ0v) is 12.9. The molecule has 3 fully saturated rings. The Morgan fingerprint density at radius 1 is 1.16 bits per heavy atom. The van der Waals surface area contributed by atoms with Crippen LogP contribution in [0.4, 0.5) is 0 Å². The second-order valence-corrected chi connectivity index (χ2v) is 7.47. The van der Waals surface area contributed by atoms with Crippen LogP contribution in [-0.4, -0.2) is 36.6 Å². The summed E-state index contributed by atoms with van der Waals surface area (Å²) >= 11 is 0. The number of nitrogens with one attached hydrogen (secondary N) is 1. The molecule has 5 atom stereocenters. The Bertz CT molecular complexity index is 291. The minimum Gasteiger partial charge on any atom is -0.313 e. The number of hydrogen-bond acceptors (Lipinski definition) is 2. The van der Waals surface area contributed by atoms with E-state index in [-0.39, 0.29) is 0 Å². The summed E-state index contributed by atoms with van der Waals surface area (Å²) in [5, 5.41) is 3.76. The lowest BCUT2D eigenvalue weighted by atomic mass is 9.88. The van der Waals surface area contributed by atoms with Crippen LogP contribution in [0.3, 0.4) is 0 Å². The first kappa shape index (κ1) is 13.9. The molecule has 0 aromatic rings. The number of fused-ring (bicyclic) bond motifs is 2. The smallest absolute Gasteiger partial charge is 0.0195 e. The Hall–Kier alpha value is -0.0800. The third-order valence-electron chi connectivity index (χ3n) is 6.06. The fourth-order valence-electron chi connectivity index (χ4n) is 4.90. The molecule has 1 N–H and O–H groups in total. The van der Waals surface area contributed by atoms with E-state index >= 15 is 0 Å². The lowest BCUT2D eigenvalue weighted by Crippen LogP contribution is -2.43. The molecule has 0 aromatic heterocycles. The van der Waals surface area contributed by atoms with Gasteiger partial charge in [0, 0.05) is 25.2 Å². The maximum Gasteiger partial charge on any atom is 0.0195 e. The van der Waals surface area contributed by atoms with Crippen LogP contribution in [0.15, 0.2) is 0 Å². The van der Waals surface area contributed by atoms with Crippen molar-refractivity contribution in [1.29, 1.82) is 0 Å². The molecule has 5 unspecified atom stereocenters. The summed E-state index contributed by atoms with van der Waals surface area (Å²) in [5.41, 5.74) is 0. The predicted octanol–water partition coefficient (Wildman–Crippen LogP) is 3.28. The molecule has 0 aromatic carbocycles. The summed E-state index contributed by atoms with van der Waals surface area (Å²) in [6.07, 6.45) is 10.2. The Labute approximate surface area is 119 Å². The normalized spacial score (nSPS) is 43.6. The largest absolute Gasteiger partial charge is 0.313 e. The molecule has 0 spiro atoms. The van der Waals surface area contributed by atoms with Crippen LogP contribution >= 0.6 is 0 Å². The highest BCUT2D eigenvalue weighted by Crippen LogP contribution is 2.48. The van der Waals surface area contributed by atoms with Gasteiger partial charge in [0.1, 0.15) is 0 Å². The van der Waals surface area contributed by atoms with Gasteiger partial charge in [-0.3, -0.25) is 4.90 Å². The standard InChI is InChI=1S/C17H32N2/c1-3-4-17-12-19(13(2)7-8-18-17)11-16-10-14-5-6-15(16)9-14/h13-18H,3-12H2,1-2H3. The first-order valence-corrected chi connectivity index (χ1v) is 8.73. The predicted molar refractivity (Wildman–Crippen MR) is 81.3 cm³/mol. The van der Waals surface area contributed by atoms with Gasteiger partial charge >= 0.3 is 0 Å². The van der Waals surface area contributed by atoms with Crippen LogP contribution in [0.25, 0.3) is 0 Å². The molecule has 2 heteroatoms. The molecule has 2 aliphatic carbocycles. The maximum absolute atomic E-state index is 3.76. The summed E-state index contributed by atoms with van der Waals surface area (Å²) in [6.45, 7) is 8.67. The highest BCUT2D eigenvalue weighted by atomic mass is 15.2. The number of hydrogen-bond donors (Lipinski definition) is 1. The van der Waals surface area contributed by atoms with E-state index in [1.807, 2.05) is 0 Å². The third kappa shape index (κ3) is 3.16. The Balaban J connectivity index is 1.57. The molecule has 110 valence electrons. The van der Waals surface area contributed by atoms with Crippen LogP contribution in [0.2, 0.25) is 0 Å². The van der Waals surface area contributed by atoms with E-state index in [9.17, 15) is 0 Å². The van der Waals surface area contributed by atoms with E-state index in [4.69, 9.17) is 0 Å². The molecule has 0 amide bonds. The van der Waals surface area contributed by atoms with Gasteiger partial charge in [-0.05, 0) is 63.3 Å². The first-order valence-electron chi connectivity index (χ1n) is 8.73. The second-order valence-electron chi connectivity index (χ2n) is 7.47. The van der Waals surface area contributed by atoms with Gasteiger partial charge in [0.2, 0.25) is 0 Å². The average Bonchev–Trinajstić information content (AvgIpc) is 2.95. The molecule has 0 radical (unpaired) electrons. The minimum absolute atomic E-state index is 0.744. The Morgan fingerprint density at radius 2 is 2.05 bits per heavy atom. The zero-order chi connectivity index (χ0) is 13.2. The molecule has 1 saturated heterocycles. The minimum atomic E-state index is 0.744. The van der Waals surface area contributed by atoms with Crippen molar-refractivity contribution >= 4 is 0 Å². The van der Waals surface area contributed by atoms with Gasteiger partial charge in [0.15, 0.2) is 0 Å². The summed E-state index contributed by atoms with van der Waals surface area (Å²) in [6, 6.07) is 1.53. The van der Waals surface area contributed by atoms with Gasteiger partial charge in [-0.1, -0.05) is 19.8 Å². The summed E-state index contributed by atoms with van der Waals surface area (Å²) in [4.78, 5) is 2.83. The molecule has 2 saturated carbocycles. The molecule has 1 aliphatic heterocycles. The molecule has 2 bridgehead atoms. The Morgan fingerprint density at radius 3 is 2.74 bits per heavy atom. The monoisotopic (exact) mass is 264 g/mol. The average molecular weight is 264 g/mol. The van der Waals surface area contributed by atoms with Gasteiger partial charge in [-0.2, -0.15) is 0 Å². The van der Waals surface area contributed by atoms with Crippen molar-refractivity contribution in [3.8, 4) is 0 Å². The molecule has 1 heterocycles. The van der Waals surface area contributed by atoms with E-state index in [1.165, 1.54) is 51.7 Å². The number of nitrogens with zero attached hydrogens (tertiary/aromatic N) is 1. The van der Waals surface area contributed by atoms with E-state index in [1.54, 1.807) is 12.8 Å². The summed E-state index contributed by atoms with van der Waals surface area (Å²) in [7, 11) is 0. The molecule has 2 nitrogen and oxygen atoms in total. The first-order chi connectivity index (χ1) is 9.26. The van der Waals surface area contributed by atoms with Crippen LogP contribution in [0.1, 0.15) is 58.8 Å². The Kier molecular flexibility index (Phi) is 4.48. The van der Waals surface area contributed by atoms with Gasteiger partial charge in [-0.25, -0.2) is 0 Å². The van der Waals surface area contributed by atoms with Crippen molar-refractivity contribution < 1.29 is 0 Å². The second kappa shape index (κ2) is 6.13. The van der Waals surface area contributed by atoms with Crippen molar-refractivity contribution in [1.82, 2.24) is 10.2 Å². The van der Waals surface area contributed by atoms with Crippen molar-refractivity contribution in [3.63, 3.8) is 0 Å². The quantitative estimate of drug-likeness (QED) is 0.838. The lowest BCUT2D eigenvalue weighted by molar-refractivity contribution is 0.145. The van der Waals surface area contributed by atoms with Gasteiger partial charge < -0.3 is 5.32 Å². The highest BCUT2D eigenvalue weighted by molar-refractivity contribution is 4.92. The molecular formula is C17H32N2. The highest BCUT2D eigenvalue weighted by Gasteiger charge is 2.40. The zero-order valence-electron chi connectivity index (χ0n) is 12.9.